The SMILES string of the molecule is CCOC(=O)c1nn(Cc2ccccn2)c2c1CN(C(=O)c1ccsc1)CC2. The molecule has 28 heavy (non-hydrogen) atoms. The van der Waals surface area contributed by atoms with E-state index in [2.05, 4.69) is 10.1 Å². The molecule has 4 rings (SSSR count). The molecular formula is C20H20N4O3S. The molecule has 144 valence electrons. The first-order valence-corrected chi connectivity index (χ1v) is 10.1. The molecule has 0 spiro atoms. The molecule has 0 radical (unpaired) electrons. The van der Waals surface area contributed by atoms with Crippen LogP contribution in [-0.2, 0) is 24.2 Å². The summed E-state index contributed by atoms with van der Waals surface area (Å²) < 4.78 is 7.01. The number of hydrogen-bond donors (Lipinski definition) is 0. The lowest BCUT2D eigenvalue weighted by molar-refractivity contribution is 0.0513. The summed E-state index contributed by atoms with van der Waals surface area (Å²) in [4.78, 5) is 31.3. The molecule has 3 aromatic heterocycles. The monoisotopic (exact) mass is 396 g/mol. The smallest absolute Gasteiger partial charge is 0.359 e. The Balaban J connectivity index is 1.66. The third kappa shape index (κ3) is 3.55. The molecule has 8 heteroatoms. The molecule has 0 saturated carbocycles. The zero-order valence-electron chi connectivity index (χ0n) is 15.5. The van der Waals surface area contributed by atoms with Gasteiger partial charge >= 0.3 is 5.97 Å². The predicted octanol–water partition coefficient (Wildman–Crippen LogP) is 2.76. The van der Waals surface area contributed by atoms with E-state index in [9.17, 15) is 9.59 Å². The summed E-state index contributed by atoms with van der Waals surface area (Å²) in [6.07, 6.45) is 2.36. The molecule has 1 amide bonds. The van der Waals surface area contributed by atoms with Crippen molar-refractivity contribution in [3.63, 3.8) is 0 Å². The van der Waals surface area contributed by atoms with E-state index in [1.807, 2.05) is 39.7 Å². The fourth-order valence-electron chi connectivity index (χ4n) is 3.37. The largest absolute Gasteiger partial charge is 0.461 e. The Bertz CT molecular complexity index is 983. The summed E-state index contributed by atoms with van der Waals surface area (Å²) in [5.74, 6) is -0.484. The Morgan fingerprint density at radius 1 is 1.29 bits per heavy atom. The van der Waals surface area contributed by atoms with Crippen molar-refractivity contribution >= 4 is 23.2 Å². The number of thiophene rings is 1. The first-order chi connectivity index (χ1) is 13.7. The van der Waals surface area contributed by atoms with Crippen LogP contribution in [0.15, 0.2) is 41.2 Å². The van der Waals surface area contributed by atoms with Gasteiger partial charge in [0.15, 0.2) is 5.69 Å². The minimum Gasteiger partial charge on any atom is -0.461 e. The van der Waals surface area contributed by atoms with E-state index in [1.54, 1.807) is 18.0 Å². The van der Waals surface area contributed by atoms with Crippen LogP contribution >= 0.6 is 11.3 Å². The second-order valence-corrected chi connectivity index (χ2v) is 7.24. The lowest BCUT2D eigenvalue weighted by Crippen LogP contribution is -2.36. The standard InChI is InChI=1S/C20H20N4O3S/c1-2-27-20(26)18-16-12-23(19(25)14-7-10-28-13-14)9-6-17(16)24(22-18)11-15-5-3-4-8-21-15/h3-5,7-8,10,13H,2,6,9,11-12H2,1H3. The van der Waals surface area contributed by atoms with Crippen LogP contribution in [0.3, 0.4) is 0 Å². The Morgan fingerprint density at radius 2 is 2.18 bits per heavy atom. The van der Waals surface area contributed by atoms with Crippen LogP contribution in [0.1, 0.15) is 44.7 Å². The maximum Gasteiger partial charge on any atom is 0.359 e. The topological polar surface area (TPSA) is 77.3 Å². The Labute approximate surface area is 166 Å². The lowest BCUT2D eigenvalue weighted by atomic mass is 10.0. The average molecular weight is 396 g/mol. The van der Waals surface area contributed by atoms with E-state index in [0.29, 0.717) is 31.6 Å². The summed E-state index contributed by atoms with van der Waals surface area (Å²) in [7, 11) is 0. The van der Waals surface area contributed by atoms with E-state index in [4.69, 9.17) is 4.74 Å². The van der Waals surface area contributed by atoms with E-state index >= 15 is 0 Å². The lowest BCUT2D eigenvalue weighted by Gasteiger charge is -2.27. The van der Waals surface area contributed by atoms with Crippen molar-refractivity contribution in [1.82, 2.24) is 19.7 Å². The van der Waals surface area contributed by atoms with Crippen molar-refractivity contribution in [2.24, 2.45) is 0 Å². The summed E-state index contributed by atoms with van der Waals surface area (Å²) >= 11 is 1.49. The van der Waals surface area contributed by atoms with E-state index in [1.165, 1.54) is 11.3 Å². The van der Waals surface area contributed by atoms with Crippen LogP contribution < -0.4 is 0 Å². The van der Waals surface area contributed by atoms with Crippen molar-refractivity contribution in [3.8, 4) is 0 Å². The van der Waals surface area contributed by atoms with Crippen LogP contribution in [0.4, 0.5) is 0 Å². The van der Waals surface area contributed by atoms with Gasteiger partial charge in [0, 0.05) is 35.8 Å². The van der Waals surface area contributed by atoms with Gasteiger partial charge in [0.05, 0.1) is 31.0 Å². The summed E-state index contributed by atoms with van der Waals surface area (Å²) in [6, 6.07) is 7.53. The number of amides is 1. The highest BCUT2D eigenvalue weighted by molar-refractivity contribution is 7.08. The van der Waals surface area contributed by atoms with Crippen molar-refractivity contribution in [2.45, 2.75) is 26.4 Å². The van der Waals surface area contributed by atoms with Crippen molar-refractivity contribution in [2.75, 3.05) is 13.2 Å². The zero-order valence-corrected chi connectivity index (χ0v) is 16.3. The number of aromatic nitrogens is 3. The van der Waals surface area contributed by atoms with E-state index in [-0.39, 0.29) is 18.2 Å². The highest BCUT2D eigenvalue weighted by Crippen LogP contribution is 2.25. The van der Waals surface area contributed by atoms with Gasteiger partial charge in [-0.1, -0.05) is 6.07 Å². The van der Waals surface area contributed by atoms with Gasteiger partial charge in [-0.15, -0.1) is 0 Å². The fraction of sp³-hybridized carbons (Fsp3) is 0.300. The Morgan fingerprint density at radius 3 is 2.89 bits per heavy atom. The number of ether oxygens (including phenoxy) is 1. The second-order valence-electron chi connectivity index (χ2n) is 6.46. The minimum absolute atomic E-state index is 0.0285. The molecule has 0 aromatic carbocycles. The first kappa shape index (κ1) is 18.4. The molecule has 1 aliphatic heterocycles. The quantitative estimate of drug-likeness (QED) is 0.620. The van der Waals surface area contributed by atoms with Gasteiger partial charge in [-0.25, -0.2) is 4.79 Å². The molecule has 0 atom stereocenters. The van der Waals surface area contributed by atoms with E-state index in [0.717, 1.165) is 17.0 Å². The summed E-state index contributed by atoms with van der Waals surface area (Å²) in [6.45, 7) is 3.44. The molecule has 4 heterocycles. The molecule has 7 nitrogen and oxygen atoms in total. The van der Waals surface area contributed by atoms with Crippen LogP contribution in [0.25, 0.3) is 0 Å². The second kappa shape index (κ2) is 7.93. The Kier molecular flexibility index (Phi) is 5.21. The first-order valence-electron chi connectivity index (χ1n) is 9.14. The molecule has 0 fully saturated rings. The maximum atomic E-state index is 12.8. The third-order valence-corrected chi connectivity index (χ3v) is 5.38. The molecule has 0 bridgehead atoms. The van der Waals surface area contributed by atoms with Gasteiger partial charge < -0.3 is 9.64 Å². The fourth-order valence-corrected chi connectivity index (χ4v) is 4.00. The number of rotatable bonds is 5. The Hall–Kier alpha value is -3.00. The molecule has 1 aliphatic rings. The molecular weight excluding hydrogens is 376 g/mol. The number of esters is 1. The van der Waals surface area contributed by atoms with Crippen LogP contribution in [0.2, 0.25) is 0 Å². The van der Waals surface area contributed by atoms with Crippen LogP contribution in [-0.4, -0.2) is 44.7 Å². The molecule has 0 saturated heterocycles. The van der Waals surface area contributed by atoms with Gasteiger partial charge in [0.2, 0.25) is 0 Å². The van der Waals surface area contributed by atoms with E-state index < -0.39 is 5.97 Å². The normalized spacial score (nSPS) is 13.2. The number of carbonyl (C=O) groups excluding carboxylic acids is 2. The van der Waals surface area contributed by atoms with Gasteiger partial charge in [-0.3, -0.25) is 14.5 Å². The molecule has 3 aromatic rings. The summed E-state index contributed by atoms with van der Waals surface area (Å²) in [5.41, 5.74) is 3.55. The number of pyridine rings is 1. The third-order valence-electron chi connectivity index (χ3n) is 4.70. The number of nitrogens with zero attached hydrogens (tertiary/aromatic N) is 4. The molecule has 0 aliphatic carbocycles. The van der Waals surface area contributed by atoms with Crippen molar-refractivity contribution in [1.29, 1.82) is 0 Å². The molecule has 0 N–H and O–H groups in total. The van der Waals surface area contributed by atoms with Gasteiger partial charge in [-0.2, -0.15) is 16.4 Å². The number of fused-ring (bicyclic) bond motifs is 1. The van der Waals surface area contributed by atoms with Gasteiger partial charge in [0.1, 0.15) is 0 Å². The zero-order chi connectivity index (χ0) is 19.5. The maximum absolute atomic E-state index is 12.8. The van der Waals surface area contributed by atoms with Crippen molar-refractivity contribution < 1.29 is 14.3 Å². The highest BCUT2D eigenvalue weighted by Gasteiger charge is 2.31. The minimum atomic E-state index is -0.455. The highest BCUT2D eigenvalue weighted by atomic mass is 32.1. The predicted molar refractivity (Wildman–Crippen MR) is 104 cm³/mol. The van der Waals surface area contributed by atoms with Crippen LogP contribution in [0.5, 0.6) is 0 Å². The van der Waals surface area contributed by atoms with Crippen LogP contribution in [0, 0.1) is 0 Å². The average Bonchev–Trinajstić information content (AvgIpc) is 3.37. The van der Waals surface area contributed by atoms with Gasteiger partial charge in [-0.05, 0) is 30.5 Å². The molecule has 0 unspecified atom stereocenters. The van der Waals surface area contributed by atoms with Crippen molar-refractivity contribution in [3.05, 3.63) is 69.4 Å². The summed E-state index contributed by atoms with van der Waals surface area (Å²) in [5, 5.41) is 8.26. The van der Waals surface area contributed by atoms with Gasteiger partial charge in [0.25, 0.3) is 5.91 Å². The number of hydrogen-bond acceptors (Lipinski definition) is 6. The number of carbonyl (C=O) groups is 2.